The second-order valence-electron chi connectivity index (χ2n) is 6.61. The molecule has 3 aromatic rings. The lowest BCUT2D eigenvalue weighted by Gasteiger charge is -2.20. The summed E-state index contributed by atoms with van der Waals surface area (Å²) in [6, 6.07) is 17.7. The van der Waals surface area contributed by atoms with Crippen LogP contribution in [0.1, 0.15) is 15.9 Å². The number of amides is 1. The van der Waals surface area contributed by atoms with E-state index in [2.05, 4.69) is 5.32 Å². The fraction of sp³-hybridized carbons (Fsp3) is 0.136. The first-order valence-electron chi connectivity index (χ1n) is 9.03. The van der Waals surface area contributed by atoms with E-state index in [4.69, 9.17) is 16.3 Å². The van der Waals surface area contributed by atoms with Crippen molar-refractivity contribution in [3.05, 3.63) is 82.9 Å². The van der Waals surface area contributed by atoms with E-state index in [0.29, 0.717) is 22.1 Å². The van der Waals surface area contributed by atoms with Gasteiger partial charge in [0.25, 0.3) is 15.9 Å². The van der Waals surface area contributed by atoms with E-state index in [0.717, 1.165) is 9.87 Å². The summed E-state index contributed by atoms with van der Waals surface area (Å²) >= 11 is 5.95. The summed E-state index contributed by atoms with van der Waals surface area (Å²) in [6.45, 7) is 1.83. The van der Waals surface area contributed by atoms with Gasteiger partial charge in [0.15, 0.2) is 0 Å². The molecule has 1 N–H and O–H groups in total. The minimum absolute atomic E-state index is 0.0151. The first-order chi connectivity index (χ1) is 14.2. The van der Waals surface area contributed by atoms with Crippen LogP contribution in [-0.4, -0.2) is 28.5 Å². The van der Waals surface area contributed by atoms with Crippen LogP contribution in [0.4, 0.5) is 11.4 Å². The van der Waals surface area contributed by atoms with Gasteiger partial charge in [-0.25, -0.2) is 8.42 Å². The number of nitrogens with zero attached hydrogens (tertiary/aromatic N) is 1. The van der Waals surface area contributed by atoms with Crippen LogP contribution in [-0.2, 0) is 10.0 Å². The Balaban J connectivity index is 1.86. The molecule has 0 spiro atoms. The molecular weight excluding hydrogens is 424 g/mol. The van der Waals surface area contributed by atoms with Crippen LogP contribution >= 0.6 is 11.6 Å². The quantitative estimate of drug-likeness (QED) is 0.596. The highest BCUT2D eigenvalue weighted by atomic mass is 35.5. The molecule has 8 heteroatoms. The number of hydrogen-bond donors (Lipinski definition) is 1. The van der Waals surface area contributed by atoms with Gasteiger partial charge in [0, 0.05) is 23.3 Å². The largest absolute Gasteiger partial charge is 0.497 e. The van der Waals surface area contributed by atoms with Gasteiger partial charge in [0.05, 0.1) is 17.7 Å². The summed E-state index contributed by atoms with van der Waals surface area (Å²) in [6.07, 6.45) is 0. The van der Waals surface area contributed by atoms with Gasteiger partial charge in [-0.3, -0.25) is 9.10 Å². The highest BCUT2D eigenvalue weighted by molar-refractivity contribution is 7.92. The maximum Gasteiger partial charge on any atom is 0.264 e. The smallest absolute Gasteiger partial charge is 0.264 e. The number of nitrogens with one attached hydrogen (secondary N) is 1. The zero-order chi connectivity index (χ0) is 21.9. The van der Waals surface area contributed by atoms with E-state index in [1.807, 2.05) is 6.92 Å². The molecule has 0 aliphatic heterocycles. The zero-order valence-electron chi connectivity index (χ0n) is 16.7. The average molecular weight is 445 g/mol. The van der Waals surface area contributed by atoms with Gasteiger partial charge in [-0.2, -0.15) is 0 Å². The number of halogens is 1. The maximum atomic E-state index is 13.1. The van der Waals surface area contributed by atoms with Gasteiger partial charge in [-0.05, 0) is 73.2 Å². The number of methoxy groups -OCH3 is 1. The Bertz CT molecular complexity index is 1180. The third-order valence-corrected chi connectivity index (χ3v) is 6.64. The number of carbonyl (C=O) groups is 1. The summed E-state index contributed by atoms with van der Waals surface area (Å²) in [5.41, 5.74) is 2.11. The van der Waals surface area contributed by atoms with Crippen LogP contribution in [0.3, 0.4) is 0 Å². The lowest BCUT2D eigenvalue weighted by Crippen LogP contribution is -2.26. The molecular formula is C22H21ClN2O4S. The number of ether oxygens (including phenoxy) is 1. The van der Waals surface area contributed by atoms with E-state index in [1.54, 1.807) is 54.6 Å². The molecule has 0 heterocycles. The Hall–Kier alpha value is -3.03. The van der Waals surface area contributed by atoms with Crippen molar-refractivity contribution in [2.45, 2.75) is 11.8 Å². The van der Waals surface area contributed by atoms with Crippen molar-refractivity contribution in [2.24, 2.45) is 0 Å². The second-order valence-corrected chi connectivity index (χ2v) is 9.02. The molecule has 0 fully saturated rings. The van der Waals surface area contributed by atoms with Crippen molar-refractivity contribution in [2.75, 3.05) is 23.8 Å². The maximum absolute atomic E-state index is 13.1. The number of rotatable bonds is 6. The first-order valence-corrected chi connectivity index (χ1v) is 10.8. The molecule has 0 saturated carbocycles. The fourth-order valence-corrected chi connectivity index (χ4v) is 4.32. The number of aryl methyl sites for hydroxylation is 1. The van der Waals surface area contributed by atoms with E-state index < -0.39 is 15.9 Å². The minimum Gasteiger partial charge on any atom is -0.497 e. The van der Waals surface area contributed by atoms with Crippen molar-refractivity contribution in [3.63, 3.8) is 0 Å². The summed E-state index contributed by atoms with van der Waals surface area (Å²) < 4.78 is 32.4. The fourth-order valence-electron chi connectivity index (χ4n) is 2.85. The van der Waals surface area contributed by atoms with Crippen LogP contribution < -0.4 is 14.4 Å². The zero-order valence-corrected chi connectivity index (χ0v) is 18.3. The van der Waals surface area contributed by atoms with E-state index >= 15 is 0 Å². The molecule has 0 aliphatic carbocycles. The van der Waals surface area contributed by atoms with Gasteiger partial charge in [0.2, 0.25) is 0 Å². The van der Waals surface area contributed by atoms with Crippen molar-refractivity contribution < 1.29 is 17.9 Å². The molecule has 0 aliphatic rings. The van der Waals surface area contributed by atoms with Crippen molar-refractivity contribution in [3.8, 4) is 5.75 Å². The topological polar surface area (TPSA) is 75.7 Å². The Morgan fingerprint density at radius 2 is 1.73 bits per heavy atom. The summed E-state index contributed by atoms with van der Waals surface area (Å²) in [5, 5.41) is 3.36. The third-order valence-electron chi connectivity index (χ3n) is 4.63. The Morgan fingerprint density at radius 1 is 1.03 bits per heavy atom. The molecule has 6 nitrogen and oxygen atoms in total. The van der Waals surface area contributed by atoms with Crippen LogP contribution in [0, 0.1) is 6.92 Å². The summed E-state index contributed by atoms with van der Waals surface area (Å²) in [4.78, 5) is 12.7. The predicted octanol–water partition coefficient (Wildman–Crippen LogP) is 4.73. The molecule has 0 unspecified atom stereocenters. The molecule has 0 bridgehead atoms. The second kappa shape index (κ2) is 8.77. The average Bonchev–Trinajstić information content (AvgIpc) is 2.75. The normalized spacial score (nSPS) is 11.1. The van der Waals surface area contributed by atoms with Crippen LogP contribution in [0.25, 0.3) is 0 Å². The Labute approximate surface area is 181 Å². The van der Waals surface area contributed by atoms with E-state index in [1.165, 1.54) is 26.3 Å². The minimum atomic E-state index is -3.86. The summed E-state index contributed by atoms with van der Waals surface area (Å²) in [5.74, 6) is 0.213. The summed E-state index contributed by atoms with van der Waals surface area (Å²) in [7, 11) is -0.861. The molecule has 0 saturated heterocycles. The molecule has 3 aromatic carbocycles. The lowest BCUT2D eigenvalue weighted by atomic mass is 10.1. The van der Waals surface area contributed by atoms with Crippen molar-refractivity contribution in [1.82, 2.24) is 0 Å². The molecule has 3 rings (SSSR count). The standard InChI is InChI=1S/C22H21ClN2O4S/c1-15-13-17(23)7-12-21(15)24-22(26)16-5-4-6-20(14-16)30(27,28)25(2)18-8-10-19(29-3)11-9-18/h4-14H,1-3H3,(H,24,26). The van der Waals surface area contributed by atoms with Gasteiger partial charge in [-0.15, -0.1) is 0 Å². The first kappa shape index (κ1) is 21.7. The van der Waals surface area contributed by atoms with E-state index in [-0.39, 0.29) is 10.5 Å². The highest BCUT2D eigenvalue weighted by Gasteiger charge is 2.22. The molecule has 156 valence electrons. The third kappa shape index (κ3) is 4.58. The molecule has 1 amide bonds. The SMILES string of the molecule is COc1ccc(N(C)S(=O)(=O)c2cccc(C(=O)Nc3ccc(Cl)cc3C)c2)cc1. The number of sulfonamides is 1. The van der Waals surface area contributed by atoms with Gasteiger partial charge in [-0.1, -0.05) is 17.7 Å². The molecule has 0 radical (unpaired) electrons. The van der Waals surface area contributed by atoms with Crippen molar-refractivity contribution >= 4 is 38.9 Å². The Morgan fingerprint density at radius 3 is 2.37 bits per heavy atom. The number of carbonyl (C=O) groups excluding carboxylic acids is 1. The van der Waals surface area contributed by atoms with Crippen molar-refractivity contribution in [1.29, 1.82) is 0 Å². The highest BCUT2D eigenvalue weighted by Crippen LogP contribution is 2.25. The van der Waals surface area contributed by atoms with Crippen LogP contribution in [0.5, 0.6) is 5.75 Å². The van der Waals surface area contributed by atoms with Crippen LogP contribution in [0.15, 0.2) is 71.6 Å². The van der Waals surface area contributed by atoms with Crippen LogP contribution in [0.2, 0.25) is 5.02 Å². The van der Waals surface area contributed by atoms with Gasteiger partial charge < -0.3 is 10.1 Å². The predicted molar refractivity (Wildman–Crippen MR) is 119 cm³/mol. The number of benzene rings is 3. The molecule has 30 heavy (non-hydrogen) atoms. The number of anilines is 2. The van der Waals surface area contributed by atoms with Gasteiger partial charge >= 0.3 is 0 Å². The number of hydrogen-bond acceptors (Lipinski definition) is 4. The monoisotopic (exact) mass is 444 g/mol. The van der Waals surface area contributed by atoms with Gasteiger partial charge in [0.1, 0.15) is 5.75 Å². The molecule has 0 aromatic heterocycles. The lowest BCUT2D eigenvalue weighted by molar-refractivity contribution is 0.102. The Kier molecular flexibility index (Phi) is 6.34. The van der Waals surface area contributed by atoms with E-state index in [9.17, 15) is 13.2 Å². The molecule has 0 atom stereocenters.